The standard InChI is InChI=1S/C14H23NO/c1-4-15-14(10-11-16-5-2)13-9-7-6-8-12(13)3/h6-9,14-15H,4-5,10-11H2,1-3H3. The maximum atomic E-state index is 5.43. The monoisotopic (exact) mass is 221 g/mol. The Morgan fingerprint density at radius 3 is 2.62 bits per heavy atom. The van der Waals surface area contributed by atoms with Crippen LogP contribution >= 0.6 is 0 Å². The van der Waals surface area contributed by atoms with Crippen molar-refractivity contribution in [2.24, 2.45) is 0 Å². The summed E-state index contributed by atoms with van der Waals surface area (Å²) in [4.78, 5) is 0. The van der Waals surface area contributed by atoms with E-state index in [1.165, 1.54) is 11.1 Å². The highest BCUT2D eigenvalue weighted by atomic mass is 16.5. The summed E-state index contributed by atoms with van der Waals surface area (Å²) in [5, 5.41) is 3.52. The van der Waals surface area contributed by atoms with Gasteiger partial charge in [-0.15, -0.1) is 0 Å². The van der Waals surface area contributed by atoms with Crippen LogP contribution in [0.4, 0.5) is 0 Å². The van der Waals surface area contributed by atoms with Crippen LogP contribution in [-0.4, -0.2) is 19.8 Å². The van der Waals surface area contributed by atoms with Crippen LogP contribution in [0.1, 0.15) is 37.4 Å². The molecule has 1 rings (SSSR count). The number of aryl methyl sites for hydroxylation is 1. The van der Waals surface area contributed by atoms with Crippen molar-refractivity contribution in [2.75, 3.05) is 19.8 Å². The van der Waals surface area contributed by atoms with Crippen LogP contribution in [0.3, 0.4) is 0 Å². The van der Waals surface area contributed by atoms with Gasteiger partial charge < -0.3 is 10.1 Å². The molecule has 0 heterocycles. The van der Waals surface area contributed by atoms with Crippen LogP contribution in [0.15, 0.2) is 24.3 Å². The highest BCUT2D eigenvalue weighted by Crippen LogP contribution is 2.20. The van der Waals surface area contributed by atoms with Crippen molar-refractivity contribution >= 4 is 0 Å². The van der Waals surface area contributed by atoms with E-state index in [9.17, 15) is 0 Å². The molecule has 1 aromatic rings. The number of hydrogen-bond donors (Lipinski definition) is 1. The minimum atomic E-state index is 0.415. The van der Waals surface area contributed by atoms with Crippen LogP contribution in [0.2, 0.25) is 0 Å². The summed E-state index contributed by atoms with van der Waals surface area (Å²) in [5.41, 5.74) is 2.74. The summed E-state index contributed by atoms with van der Waals surface area (Å²) in [6, 6.07) is 8.98. The number of benzene rings is 1. The van der Waals surface area contributed by atoms with Gasteiger partial charge in [0.2, 0.25) is 0 Å². The van der Waals surface area contributed by atoms with E-state index >= 15 is 0 Å². The van der Waals surface area contributed by atoms with Crippen molar-refractivity contribution in [3.05, 3.63) is 35.4 Å². The molecule has 0 spiro atoms. The molecule has 2 heteroatoms. The van der Waals surface area contributed by atoms with E-state index in [1.807, 2.05) is 6.92 Å². The molecule has 2 nitrogen and oxygen atoms in total. The maximum absolute atomic E-state index is 5.43. The van der Waals surface area contributed by atoms with Crippen LogP contribution < -0.4 is 5.32 Å². The Labute approximate surface area is 99.0 Å². The molecule has 90 valence electrons. The molecule has 0 saturated heterocycles. The van der Waals surface area contributed by atoms with Gasteiger partial charge in [0.25, 0.3) is 0 Å². The SMILES string of the molecule is CCNC(CCOCC)c1ccccc1C. The van der Waals surface area contributed by atoms with E-state index in [2.05, 4.69) is 43.4 Å². The van der Waals surface area contributed by atoms with Crippen molar-refractivity contribution < 1.29 is 4.74 Å². The molecule has 0 fully saturated rings. The molecule has 1 N–H and O–H groups in total. The lowest BCUT2D eigenvalue weighted by Gasteiger charge is -2.20. The third kappa shape index (κ3) is 3.95. The highest BCUT2D eigenvalue weighted by molar-refractivity contribution is 5.28. The largest absolute Gasteiger partial charge is 0.382 e. The second-order valence-electron chi connectivity index (χ2n) is 3.95. The second kappa shape index (κ2) is 7.42. The average molecular weight is 221 g/mol. The zero-order valence-electron chi connectivity index (χ0n) is 10.6. The molecule has 1 aromatic carbocycles. The van der Waals surface area contributed by atoms with E-state index in [0.29, 0.717) is 6.04 Å². The molecular weight excluding hydrogens is 198 g/mol. The summed E-state index contributed by atoms with van der Waals surface area (Å²) in [6.45, 7) is 8.96. The van der Waals surface area contributed by atoms with Crippen LogP contribution in [0.25, 0.3) is 0 Å². The third-order valence-corrected chi connectivity index (χ3v) is 2.77. The molecule has 16 heavy (non-hydrogen) atoms. The zero-order valence-corrected chi connectivity index (χ0v) is 10.6. The molecule has 0 aliphatic rings. The van der Waals surface area contributed by atoms with Crippen molar-refractivity contribution in [2.45, 2.75) is 33.2 Å². The lowest BCUT2D eigenvalue weighted by molar-refractivity contribution is 0.136. The smallest absolute Gasteiger partial charge is 0.0484 e. The minimum absolute atomic E-state index is 0.415. The fraction of sp³-hybridized carbons (Fsp3) is 0.571. The molecule has 0 bridgehead atoms. The quantitative estimate of drug-likeness (QED) is 0.714. The molecule has 0 radical (unpaired) electrons. The second-order valence-corrected chi connectivity index (χ2v) is 3.95. The number of nitrogens with one attached hydrogen (secondary N) is 1. The molecule has 1 unspecified atom stereocenters. The Hall–Kier alpha value is -0.860. The molecule has 0 saturated carbocycles. The van der Waals surface area contributed by atoms with Crippen LogP contribution in [-0.2, 0) is 4.74 Å². The molecule has 0 amide bonds. The molecule has 0 aromatic heterocycles. The first kappa shape index (κ1) is 13.2. The van der Waals surface area contributed by atoms with E-state index < -0.39 is 0 Å². The summed E-state index contributed by atoms with van der Waals surface area (Å²) in [7, 11) is 0. The van der Waals surface area contributed by atoms with Crippen LogP contribution in [0, 0.1) is 6.92 Å². The summed E-state index contributed by atoms with van der Waals surface area (Å²) in [6.07, 6.45) is 1.03. The Bertz CT molecular complexity index is 299. The average Bonchev–Trinajstić information content (AvgIpc) is 2.29. The Morgan fingerprint density at radius 1 is 1.25 bits per heavy atom. The fourth-order valence-electron chi connectivity index (χ4n) is 1.94. The van der Waals surface area contributed by atoms with Gasteiger partial charge >= 0.3 is 0 Å². The van der Waals surface area contributed by atoms with Crippen molar-refractivity contribution in [1.82, 2.24) is 5.32 Å². The topological polar surface area (TPSA) is 21.3 Å². The van der Waals surface area contributed by atoms with Gasteiger partial charge in [-0.2, -0.15) is 0 Å². The van der Waals surface area contributed by atoms with E-state index in [4.69, 9.17) is 4.74 Å². The first-order chi connectivity index (χ1) is 7.79. The van der Waals surface area contributed by atoms with E-state index in [1.54, 1.807) is 0 Å². The molecule has 0 aliphatic heterocycles. The van der Waals surface area contributed by atoms with Gasteiger partial charge in [-0.05, 0) is 37.9 Å². The summed E-state index contributed by atoms with van der Waals surface area (Å²) < 4.78 is 5.43. The van der Waals surface area contributed by atoms with Gasteiger partial charge in [0.15, 0.2) is 0 Å². The van der Waals surface area contributed by atoms with Crippen molar-refractivity contribution in [3.8, 4) is 0 Å². The van der Waals surface area contributed by atoms with Gasteiger partial charge in [-0.1, -0.05) is 31.2 Å². The summed E-state index contributed by atoms with van der Waals surface area (Å²) in [5.74, 6) is 0. The van der Waals surface area contributed by atoms with Gasteiger partial charge in [-0.3, -0.25) is 0 Å². The Kier molecular flexibility index (Phi) is 6.12. The molecule has 1 atom stereocenters. The Morgan fingerprint density at radius 2 is 2.00 bits per heavy atom. The number of hydrogen-bond acceptors (Lipinski definition) is 2. The van der Waals surface area contributed by atoms with Gasteiger partial charge in [-0.25, -0.2) is 0 Å². The zero-order chi connectivity index (χ0) is 11.8. The van der Waals surface area contributed by atoms with Crippen molar-refractivity contribution in [3.63, 3.8) is 0 Å². The fourth-order valence-corrected chi connectivity index (χ4v) is 1.94. The highest BCUT2D eigenvalue weighted by Gasteiger charge is 2.11. The lowest BCUT2D eigenvalue weighted by atomic mass is 9.99. The minimum Gasteiger partial charge on any atom is -0.382 e. The number of rotatable bonds is 7. The van der Waals surface area contributed by atoms with Crippen molar-refractivity contribution in [1.29, 1.82) is 0 Å². The van der Waals surface area contributed by atoms with Gasteiger partial charge in [0, 0.05) is 19.3 Å². The lowest BCUT2D eigenvalue weighted by Crippen LogP contribution is -2.23. The predicted molar refractivity (Wildman–Crippen MR) is 68.7 cm³/mol. The predicted octanol–water partition coefficient (Wildman–Crippen LogP) is 3.07. The summed E-state index contributed by atoms with van der Waals surface area (Å²) >= 11 is 0. The van der Waals surface area contributed by atoms with Gasteiger partial charge in [0.05, 0.1) is 0 Å². The molecule has 0 aliphatic carbocycles. The number of ether oxygens (including phenoxy) is 1. The first-order valence-corrected chi connectivity index (χ1v) is 6.16. The molecular formula is C14H23NO. The normalized spacial score (nSPS) is 12.7. The van der Waals surface area contributed by atoms with E-state index in [0.717, 1.165) is 26.2 Å². The Balaban J connectivity index is 2.65. The third-order valence-electron chi connectivity index (χ3n) is 2.77. The van der Waals surface area contributed by atoms with Crippen LogP contribution in [0.5, 0.6) is 0 Å². The maximum Gasteiger partial charge on any atom is 0.0484 e. The van der Waals surface area contributed by atoms with E-state index in [-0.39, 0.29) is 0 Å². The first-order valence-electron chi connectivity index (χ1n) is 6.16. The van der Waals surface area contributed by atoms with Gasteiger partial charge in [0.1, 0.15) is 0 Å².